The van der Waals surface area contributed by atoms with Crippen molar-refractivity contribution >= 4 is 17.3 Å². The Morgan fingerprint density at radius 1 is 1.36 bits per heavy atom. The van der Waals surface area contributed by atoms with E-state index in [-0.39, 0.29) is 0 Å². The minimum absolute atomic E-state index is 0.499. The fourth-order valence-corrected chi connectivity index (χ4v) is 1.37. The first-order valence-electron chi connectivity index (χ1n) is 4.33. The van der Waals surface area contributed by atoms with Gasteiger partial charge in [-0.05, 0) is 24.3 Å². The van der Waals surface area contributed by atoms with Gasteiger partial charge in [0.15, 0.2) is 5.15 Å². The molecule has 4 heteroatoms. The van der Waals surface area contributed by atoms with Gasteiger partial charge >= 0.3 is 0 Å². The van der Waals surface area contributed by atoms with E-state index in [2.05, 4.69) is 15.3 Å². The lowest BCUT2D eigenvalue weighted by Crippen LogP contribution is -2.00. The van der Waals surface area contributed by atoms with Crippen molar-refractivity contribution in [1.82, 2.24) is 9.97 Å². The molecule has 0 aliphatic carbocycles. The molecule has 0 unspecified atom stereocenters. The van der Waals surface area contributed by atoms with Crippen LogP contribution in [0.25, 0.3) is 0 Å². The molecule has 0 aliphatic rings. The molecule has 3 nitrogen and oxygen atoms in total. The van der Waals surface area contributed by atoms with Crippen LogP contribution in [0.4, 0.5) is 5.69 Å². The number of H-pyrrole nitrogens is 1. The predicted molar refractivity (Wildman–Crippen MR) is 57.4 cm³/mol. The highest BCUT2D eigenvalue weighted by atomic mass is 35.5. The summed E-state index contributed by atoms with van der Waals surface area (Å²) in [6.07, 6.45) is 3.56. The average molecular weight is 208 g/mol. The van der Waals surface area contributed by atoms with Crippen molar-refractivity contribution in [2.24, 2.45) is 0 Å². The summed E-state index contributed by atoms with van der Waals surface area (Å²) < 4.78 is 0. The van der Waals surface area contributed by atoms with Crippen LogP contribution in [0.1, 0.15) is 5.69 Å². The molecule has 14 heavy (non-hydrogen) atoms. The van der Waals surface area contributed by atoms with Crippen molar-refractivity contribution < 1.29 is 0 Å². The summed E-state index contributed by atoms with van der Waals surface area (Å²) in [7, 11) is 0. The molecular weight excluding hydrogens is 198 g/mol. The lowest BCUT2D eigenvalue weighted by molar-refractivity contribution is 1.07. The first kappa shape index (κ1) is 9.09. The number of hydrogen-bond donors (Lipinski definition) is 2. The lowest BCUT2D eigenvalue weighted by Gasteiger charge is -2.05. The highest BCUT2D eigenvalue weighted by Crippen LogP contribution is 2.17. The maximum Gasteiger partial charge on any atom is 0.152 e. The molecule has 0 amide bonds. The molecule has 0 spiro atoms. The van der Waals surface area contributed by atoms with Gasteiger partial charge in [-0.3, -0.25) is 0 Å². The van der Waals surface area contributed by atoms with Crippen molar-refractivity contribution in [3.8, 4) is 0 Å². The Morgan fingerprint density at radius 2 is 2.29 bits per heavy atom. The van der Waals surface area contributed by atoms with Crippen LogP contribution in [-0.2, 0) is 6.54 Å². The van der Waals surface area contributed by atoms with Gasteiger partial charge in [0.05, 0.1) is 12.2 Å². The third-order valence-corrected chi connectivity index (χ3v) is 2.19. The summed E-state index contributed by atoms with van der Waals surface area (Å²) in [5.41, 5.74) is 1.97. The monoisotopic (exact) mass is 207 g/mol. The van der Waals surface area contributed by atoms with Crippen LogP contribution in [0.2, 0.25) is 5.15 Å². The predicted octanol–water partition coefficient (Wildman–Crippen LogP) is 2.68. The molecule has 0 radical (unpaired) electrons. The van der Waals surface area contributed by atoms with E-state index < -0.39 is 0 Å². The number of nitrogens with one attached hydrogen (secondary N) is 2. The number of halogens is 1. The summed E-state index contributed by atoms with van der Waals surface area (Å²) >= 11 is 5.88. The minimum Gasteiger partial charge on any atom is -0.377 e. The number of rotatable bonds is 3. The van der Waals surface area contributed by atoms with Crippen LogP contribution in [0.3, 0.4) is 0 Å². The van der Waals surface area contributed by atoms with Gasteiger partial charge in [-0.25, -0.2) is 4.98 Å². The topological polar surface area (TPSA) is 40.7 Å². The standard InChI is InChI=1S/C10H10ClN3/c11-10-9(4-2-6-13-10)14-7-8-3-1-5-12-8/h1-6,12,14H,7H2. The molecule has 0 aromatic carbocycles. The average Bonchev–Trinajstić information content (AvgIpc) is 2.69. The normalized spacial score (nSPS) is 10.1. The molecule has 72 valence electrons. The number of hydrogen-bond acceptors (Lipinski definition) is 2. The molecule has 0 bridgehead atoms. The zero-order chi connectivity index (χ0) is 9.80. The smallest absolute Gasteiger partial charge is 0.152 e. The number of aromatic amines is 1. The summed E-state index contributed by atoms with van der Waals surface area (Å²) in [5.74, 6) is 0. The van der Waals surface area contributed by atoms with Crippen LogP contribution in [0.15, 0.2) is 36.7 Å². The van der Waals surface area contributed by atoms with Gasteiger partial charge in [0.25, 0.3) is 0 Å². The number of nitrogens with zero attached hydrogens (tertiary/aromatic N) is 1. The highest BCUT2D eigenvalue weighted by Gasteiger charge is 1.99. The Morgan fingerprint density at radius 3 is 3.00 bits per heavy atom. The maximum atomic E-state index is 5.88. The largest absolute Gasteiger partial charge is 0.377 e. The molecule has 0 aliphatic heterocycles. The third kappa shape index (κ3) is 2.06. The molecule has 0 atom stereocenters. The zero-order valence-corrected chi connectivity index (χ0v) is 8.25. The Kier molecular flexibility index (Phi) is 2.70. The first-order valence-corrected chi connectivity index (χ1v) is 4.71. The Bertz CT molecular complexity index is 398. The van der Waals surface area contributed by atoms with Crippen molar-refractivity contribution in [1.29, 1.82) is 0 Å². The number of anilines is 1. The molecule has 0 fully saturated rings. The zero-order valence-electron chi connectivity index (χ0n) is 7.50. The van der Waals surface area contributed by atoms with Crippen molar-refractivity contribution in [3.05, 3.63) is 47.5 Å². The fraction of sp³-hybridized carbons (Fsp3) is 0.100. The molecule has 2 aromatic heterocycles. The first-order chi connectivity index (χ1) is 6.86. The van der Waals surface area contributed by atoms with Crippen molar-refractivity contribution in [2.45, 2.75) is 6.54 Å². The quantitative estimate of drug-likeness (QED) is 0.760. The van der Waals surface area contributed by atoms with E-state index in [4.69, 9.17) is 11.6 Å². The molecule has 2 rings (SSSR count). The van der Waals surface area contributed by atoms with Crippen molar-refractivity contribution in [2.75, 3.05) is 5.32 Å². The van der Waals surface area contributed by atoms with E-state index in [1.807, 2.05) is 30.5 Å². The second-order valence-corrected chi connectivity index (χ2v) is 3.25. The number of pyridine rings is 1. The van der Waals surface area contributed by atoms with Gasteiger partial charge in [-0.1, -0.05) is 11.6 Å². The van der Waals surface area contributed by atoms with E-state index in [1.54, 1.807) is 6.20 Å². The summed E-state index contributed by atoms with van der Waals surface area (Å²) in [6, 6.07) is 7.72. The summed E-state index contributed by atoms with van der Waals surface area (Å²) in [4.78, 5) is 7.07. The van der Waals surface area contributed by atoms with E-state index in [1.165, 1.54) is 0 Å². The third-order valence-electron chi connectivity index (χ3n) is 1.89. The fourth-order valence-electron chi connectivity index (χ4n) is 1.19. The molecule has 2 heterocycles. The van der Waals surface area contributed by atoms with E-state index in [9.17, 15) is 0 Å². The van der Waals surface area contributed by atoms with Gasteiger partial charge in [-0.15, -0.1) is 0 Å². The van der Waals surface area contributed by atoms with E-state index in [0.29, 0.717) is 5.15 Å². The molecule has 2 N–H and O–H groups in total. The van der Waals surface area contributed by atoms with Gasteiger partial charge < -0.3 is 10.3 Å². The Hall–Kier alpha value is -1.48. The van der Waals surface area contributed by atoms with Gasteiger partial charge in [-0.2, -0.15) is 0 Å². The van der Waals surface area contributed by atoms with Crippen LogP contribution < -0.4 is 5.32 Å². The van der Waals surface area contributed by atoms with Gasteiger partial charge in [0.1, 0.15) is 0 Å². The van der Waals surface area contributed by atoms with Crippen LogP contribution in [0, 0.1) is 0 Å². The Balaban J connectivity index is 2.02. The minimum atomic E-state index is 0.499. The van der Waals surface area contributed by atoms with Crippen LogP contribution in [0.5, 0.6) is 0 Å². The molecule has 0 saturated heterocycles. The number of aromatic nitrogens is 2. The molecule has 0 saturated carbocycles. The Labute approximate surface area is 87.1 Å². The van der Waals surface area contributed by atoms with E-state index >= 15 is 0 Å². The van der Waals surface area contributed by atoms with Crippen LogP contribution >= 0.6 is 11.6 Å². The maximum absolute atomic E-state index is 5.88. The molecular formula is C10H10ClN3. The second kappa shape index (κ2) is 4.15. The summed E-state index contributed by atoms with van der Waals surface area (Å²) in [5, 5.41) is 3.69. The van der Waals surface area contributed by atoms with E-state index in [0.717, 1.165) is 17.9 Å². The second-order valence-electron chi connectivity index (χ2n) is 2.89. The van der Waals surface area contributed by atoms with Gasteiger partial charge in [0, 0.05) is 18.1 Å². The summed E-state index contributed by atoms with van der Waals surface area (Å²) in [6.45, 7) is 0.721. The SMILES string of the molecule is Clc1ncccc1NCc1ccc[nH]1. The van der Waals surface area contributed by atoms with Crippen molar-refractivity contribution in [3.63, 3.8) is 0 Å². The van der Waals surface area contributed by atoms with Gasteiger partial charge in [0.2, 0.25) is 0 Å². The molecule has 2 aromatic rings. The highest BCUT2D eigenvalue weighted by molar-refractivity contribution is 6.31. The van der Waals surface area contributed by atoms with Crippen LogP contribution in [-0.4, -0.2) is 9.97 Å². The lowest BCUT2D eigenvalue weighted by atomic mass is 10.4.